The van der Waals surface area contributed by atoms with Crippen molar-refractivity contribution in [1.29, 1.82) is 0 Å². The summed E-state index contributed by atoms with van der Waals surface area (Å²) in [6, 6.07) is 8.67. The third kappa shape index (κ3) is 5.69. The number of hydrogen-bond acceptors (Lipinski definition) is 8. The fourth-order valence-corrected chi connectivity index (χ4v) is 6.96. The molecule has 1 unspecified atom stereocenters. The molecule has 1 saturated heterocycles. The summed E-state index contributed by atoms with van der Waals surface area (Å²) < 4.78 is 86.5. The third-order valence-electron chi connectivity index (χ3n) is 7.54. The molecule has 2 atom stereocenters. The molecular weight excluding hydrogens is 574 g/mol. The molecule has 1 aromatic heterocycles. The van der Waals surface area contributed by atoms with Crippen LogP contribution in [-0.2, 0) is 21.8 Å². The minimum absolute atomic E-state index is 0.0602. The second-order valence-corrected chi connectivity index (χ2v) is 13.0. The monoisotopic (exact) mass is 601 g/mol. The van der Waals surface area contributed by atoms with Gasteiger partial charge in [0.05, 0.1) is 21.9 Å². The van der Waals surface area contributed by atoms with Gasteiger partial charge in [0.1, 0.15) is 5.82 Å². The van der Waals surface area contributed by atoms with Crippen LogP contribution in [0.1, 0.15) is 31.2 Å². The van der Waals surface area contributed by atoms with Crippen LogP contribution in [0.4, 0.5) is 23.2 Å². The Morgan fingerprint density at radius 1 is 1.18 bits per heavy atom. The van der Waals surface area contributed by atoms with Crippen LogP contribution in [0.3, 0.4) is 0 Å². The van der Waals surface area contributed by atoms with Crippen molar-refractivity contribution in [2.45, 2.75) is 55.4 Å². The van der Waals surface area contributed by atoms with Crippen molar-refractivity contribution in [3.8, 4) is 11.4 Å². The number of nitrogens with zero attached hydrogens (tertiary/aromatic N) is 4. The second-order valence-electron chi connectivity index (χ2n) is 10.6. The zero-order valence-corrected chi connectivity index (χ0v) is 23.1. The molecule has 0 saturated carbocycles. The molecule has 2 aromatic carbocycles. The van der Waals surface area contributed by atoms with E-state index in [4.69, 9.17) is 21.9 Å². The maximum absolute atomic E-state index is 15.4. The van der Waals surface area contributed by atoms with Crippen LogP contribution in [0.15, 0.2) is 45.8 Å². The summed E-state index contributed by atoms with van der Waals surface area (Å²) in [5.74, 6) is -1.12. The number of rotatable bonds is 6. The molecule has 2 N–H and O–H groups in total. The number of likely N-dealkylation sites (tertiary alicyclic amines) is 1. The first kappa shape index (κ1) is 28.8. The van der Waals surface area contributed by atoms with Crippen LogP contribution >= 0.6 is 11.6 Å². The van der Waals surface area contributed by atoms with Gasteiger partial charge in [0.25, 0.3) is 6.43 Å². The van der Waals surface area contributed by atoms with Crippen molar-refractivity contribution >= 4 is 27.1 Å². The van der Waals surface area contributed by atoms with Crippen molar-refractivity contribution in [2.24, 2.45) is 5.73 Å². The maximum Gasteiger partial charge on any atom is 0.282 e. The molecular formula is C26H28ClF4N5O3S. The van der Waals surface area contributed by atoms with Crippen LogP contribution < -0.4 is 10.6 Å². The fourth-order valence-electron chi connectivity index (χ4n) is 5.19. The Kier molecular flexibility index (Phi) is 7.85. The zero-order valence-electron chi connectivity index (χ0n) is 21.5. The molecule has 0 radical (unpaired) electrons. The van der Waals surface area contributed by atoms with Crippen molar-refractivity contribution in [3.05, 3.63) is 58.7 Å². The zero-order chi connectivity index (χ0) is 28.8. The molecule has 0 spiro atoms. The van der Waals surface area contributed by atoms with Gasteiger partial charge in [0.2, 0.25) is 18.0 Å². The Bertz CT molecular complexity index is 1480. The smallest absolute Gasteiger partial charge is 0.282 e. The topological polar surface area (TPSA) is 106 Å². The van der Waals surface area contributed by atoms with Crippen molar-refractivity contribution in [1.82, 2.24) is 15.0 Å². The number of aromatic nitrogens is 2. The van der Waals surface area contributed by atoms with Crippen LogP contribution in [-0.4, -0.2) is 67.6 Å². The van der Waals surface area contributed by atoms with Gasteiger partial charge in [-0.15, -0.1) is 0 Å². The summed E-state index contributed by atoms with van der Waals surface area (Å²) in [6.07, 6.45) is -4.90. The summed E-state index contributed by atoms with van der Waals surface area (Å²) in [7, 11) is -3.90. The van der Waals surface area contributed by atoms with E-state index in [0.29, 0.717) is 11.6 Å². The second kappa shape index (κ2) is 10.9. The van der Waals surface area contributed by atoms with Gasteiger partial charge in [-0.3, -0.25) is 4.90 Å². The standard InChI is InChI=1S/C26H28ClF4N5O3S/c1-26(6-8-35(9-7-26)23(31)22(29)30)25-33-24(34-39-25)18-10-20-21(11-19(18)28)40(37,38)14-17(32)13-36(20)12-15-2-4-16(27)5-3-15/h2-5,10-11,17,22-23H,6-9,12-14,32H2,1H3/t17-,23?/m1/s1. The van der Waals surface area contributed by atoms with Crippen LogP contribution in [0.25, 0.3) is 11.4 Å². The molecule has 3 aromatic rings. The molecule has 8 nitrogen and oxygen atoms in total. The highest BCUT2D eigenvalue weighted by atomic mass is 35.5. The Balaban J connectivity index is 1.48. The molecule has 3 heterocycles. The van der Waals surface area contributed by atoms with Gasteiger partial charge >= 0.3 is 0 Å². The summed E-state index contributed by atoms with van der Waals surface area (Å²) >= 11 is 6.00. The lowest BCUT2D eigenvalue weighted by atomic mass is 9.80. The fraction of sp³-hybridized carbons (Fsp3) is 0.462. The van der Waals surface area contributed by atoms with Crippen LogP contribution in [0.2, 0.25) is 5.02 Å². The summed E-state index contributed by atoms with van der Waals surface area (Å²) in [6.45, 7) is 2.40. The number of piperidine rings is 1. The highest BCUT2D eigenvalue weighted by Gasteiger charge is 2.41. The van der Waals surface area contributed by atoms with Crippen LogP contribution in [0, 0.1) is 5.82 Å². The van der Waals surface area contributed by atoms with E-state index < -0.39 is 39.8 Å². The number of nitrogens with two attached hydrogens (primary N) is 1. The predicted octanol–water partition coefficient (Wildman–Crippen LogP) is 4.56. The van der Waals surface area contributed by atoms with E-state index >= 15 is 4.39 Å². The van der Waals surface area contributed by atoms with Crippen LogP contribution in [0.5, 0.6) is 0 Å². The highest BCUT2D eigenvalue weighted by molar-refractivity contribution is 7.91. The Morgan fingerprint density at radius 3 is 2.50 bits per heavy atom. The Labute approximate surface area is 234 Å². The first-order valence-electron chi connectivity index (χ1n) is 12.7. The number of benzene rings is 2. The van der Waals surface area contributed by atoms with Gasteiger partial charge in [-0.1, -0.05) is 35.8 Å². The minimum Gasteiger partial charge on any atom is -0.365 e. The molecule has 0 aliphatic carbocycles. The first-order chi connectivity index (χ1) is 18.9. The Hall–Kier alpha value is -2.74. The largest absolute Gasteiger partial charge is 0.365 e. The van der Waals surface area contributed by atoms with E-state index in [2.05, 4.69) is 10.1 Å². The predicted molar refractivity (Wildman–Crippen MR) is 141 cm³/mol. The molecule has 5 rings (SSSR count). The number of halogens is 5. The lowest BCUT2D eigenvalue weighted by Gasteiger charge is -2.37. The van der Waals surface area contributed by atoms with E-state index in [1.165, 1.54) is 6.07 Å². The van der Waals surface area contributed by atoms with E-state index in [-0.39, 0.29) is 66.1 Å². The lowest BCUT2D eigenvalue weighted by Crippen LogP contribution is -2.46. The van der Waals surface area contributed by atoms with Gasteiger partial charge in [-0.2, -0.15) is 4.98 Å². The minimum atomic E-state index is -3.90. The number of hydrogen-bond donors (Lipinski definition) is 1. The molecule has 14 heteroatoms. The normalized spacial score (nSPS) is 21.7. The van der Waals surface area contributed by atoms with Gasteiger partial charge in [0.15, 0.2) is 9.84 Å². The molecule has 0 amide bonds. The van der Waals surface area contributed by atoms with Crippen molar-refractivity contribution in [2.75, 3.05) is 30.3 Å². The van der Waals surface area contributed by atoms with E-state index in [1.807, 2.05) is 0 Å². The lowest BCUT2D eigenvalue weighted by molar-refractivity contribution is -0.0643. The summed E-state index contributed by atoms with van der Waals surface area (Å²) in [5.41, 5.74) is 6.45. The quantitative estimate of drug-likeness (QED) is 0.324. The molecule has 1 fully saturated rings. The Morgan fingerprint density at radius 2 is 1.85 bits per heavy atom. The molecule has 40 heavy (non-hydrogen) atoms. The average Bonchev–Trinajstić information content (AvgIpc) is 3.37. The number of anilines is 1. The molecule has 2 aliphatic rings. The molecule has 0 bridgehead atoms. The SMILES string of the molecule is CC1(c2nc(-c3cc4c(cc3F)S(=O)(=O)C[C@H](N)CN4Cc3ccc(Cl)cc3)no2)CCN(C(F)C(F)F)CC1. The van der Waals surface area contributed by atoms with Gasteiger partial charge in [-0.25, -0.2) is 26.0 Å². The maximum atomic E-state index is 15.4. The van der Waals surface area contributed by atoms with Gasteiger partial charge in [0, 0.05) is 42.7 Å². The third-order valence-corrected chi connectivity index (χ3v) is 9.66. The van der Waals surface area contributed by atoms with Crippen molar-refractivity contribution < 1.29 is 30.5 Å². The number of fused-ring (bicyclic) bond motifs is 1. The molecule has 216 valence electrons. The van der Waals surface area contributed by atoms with E-state index in [9.17, 15) is 21.6 Å². The van der Waals surface area contributed by atoms with Gasteiger partial charge < -0.3 is 15.2 Å². The van der Waals surface area contributed by atoms with E-state index in [0.717, 1.165) is 16.5 Å². The molecule has 2 aliphatic heterocycles. The highest BCUT2D eigenvalue weighted by Crippen LogP contribution is 2.39. The van der Waals surface area contributed by atoms with Gasteiger partial charge in [-0.05, 0) is 42.7 Å². The van der Waals surface area contributed by atoms with Crippen molar-refractivity contribution in [3.63, 3.8) is 0 Å². The first-order valence-corrected chi connectivity index (χ1v) is 14.7. The van der Waals surface area contributed by atoms with E-state index in [1.54, 1.807) is 36.1 Å². The summed E-state index contributed by atoms with van der Waals surface area (Å²) in [5, 5.41) is 4.50. The number of sulfone groups is 1. The average molecular weight is 602 g/mol. The summed E-state index contributed by atoms with van der Waals surface area (Å²) in [4.78, 5) is 7.05. The number of alkyl halides is 3.